The van der Waals surface area contributed by atoms with Crippen LogP contribution in [0, 0.1) is 0 Å². The first kappa shape index (κ1) is 19.1. The van der Waals surface area contributed by atoms with Crippen LogP contribution in [0.15, 0.2) is 12.2 Å². The Morgan fingerprint density at radius 2 is 1.68 bits per heavy atom. The summed E-state index contributed by atoms with van der Waals surface area (Å²) in [5.74, 6) is -0.246. The minimum absolute atomic E-state index is 0.100. The van der Waals surface area contributed by atoms with Gasteiger partial charge in [-0.1, -0.05) is 11.0 Å². The highest BCUT2D eigenvalue weighted by Crippen LogP contribution is 2.26. The number of sulfonamides is 1. The Labute approximate surface area is 131 Å². The zero-order valence-electron chi connectivity index (χ0n) is 12.9. The summed E-state index contributed by atoms with van der Waals surface area (Å²) in [5.41, 5.74) is 0.399. The van der Waals surface area contributed by atoms with Gasteiger partial charge in [0.15, 0.2) is 0 Å². The van der Waals surface area contributed by atoms with E-state index in [2.05, 4.69) is 16.2 Å². The first-order valence-electron chi connectivity index (χ1n) is 6.77. The van der Waals surface area contributed by atoms with E-state index in [0.29, 0.717) is 35.7 Å². The van der Waals surface area contributed by atoms with Crippen LogP contribution >= 0.6 is 0 Å². The summed E-state index contributed by atoms with van der Waals surface area (Å²) in [5, 5.41) is 2.06. The topological polar surface area (TPSA) is 110 Å². The second-order valence-electron chi connectivity index (χ2n) is 5.46. The maximum absolute atomic E-state index is 12.2. The third kappa shape index (κ3) is 5.34. The van der Waals surface area contributed by atoms with Gasteiger partial charge < -0.3 is 5.32 Å². The van der Waals surface area contributed by atoms with Crippen LogP contribution < -0.4 is 5.32 Å². The number of rotatable bonds is 6. The van der Waals surface area contributed by atoms with E-state index in [1.54, 1.807) is 6.92 Å². The van der Waals surface area contributed by atoms with Gasteiger partial charge >= 0.3 is 0 Å². The van der Waals surface area contributed by atoms with Crippen molar-refractivity contribution in [1.82, 2.24) is 9.79 Å². The third-order valence-electron chi connectivity index (χ3n) is 3.42. The smallest absolute Gasteiger partial charge is 0.281 e. The highest BCUT2D eigenvalue weighted by atomic mass is 32.2. The Bertz CT molecular complexity index is 633. The minimum Gasteiger partial charge on any atom is -0.350 e. The lowest BCUT2D eigenvalue weighted by Gasteiger charge is -2.30. The molecule has 128 valence electrons. The molecule has 22 heavy (non-hydrogen) atoms. The quantitative estimate of drug-likeness (QED) is 0.537. The van der Waals surface area contributed by atoms with Gasteiger partial charge in [0.05, 0.1) is 11.5 Å². The van der Waals surface area contributed by atoms with Crippen LogP contribution in [0.5, 0.6) is 0 Å². The fourth-order valence-corrected chi connectivity index (χ4v) is 4.60. The molecule has 1 fully saturated rings. The fraction of sp³-hybridized carbons (Fsp3) is 0.750. The van der Waals surface area contributed by atoms with E-state index in [-0.39, 0.29) is 11.9 Å². The molecular formula is C12H22N2O6S2. The van der Waals surface area contributed by atoms with Gasteiger partial charge in [-0.25, -0.2) is 8.42 Å². The van der Waals surface area contributed by atoms with Crippen molar-refractivity contribution in [3.8, 4) is 0 Å². The molecule has 1 rings (SSSR count). The van der Waals surface area contributed by atoms with Gasteiger partial charge in [-0.3, -0.25) is 4.79 Å². The molecule has 0 aromatic rings. The second kappa shape index (κ2) is 7.07. The Morgan fingerprint density at radius 3 is 2.09 bits per heavy atom. The van der Waals surface area contributed by atoms with Gasteiger partial charge in [0.2, 0.25) is 15.9 Å². The summed E-state index contributed by atoms with van der Waals surface area (Å²) in [6.45, 7) is 5.14. The van der Waals surface area contributed by atoms with Crippen molar-refractivity contribution in [3.63, 3.8) is 0 Å². The van der Waals surface area contributed by atoms with Gasteiger partial charge in [-0.15, -0.1) is 0 Å². The lowest BCUT2D eigenvalue weighted by Crippen LogP contribution is -2.44. The summed E-state index contributed by atoms with van der Waals surface area (Å²) in [4.78, 5) is 11.5. The molecule has 0 saturated heterocycles. The van der Waals surface area contributed by atoms with Crippen molar-refractivity contribution in [3.05, 3.63) is 12.2 Å². The molecule has 1 N–H and O–H groups in total. The largest absolute Gasteiger partial charge is 0.350 e. The molecule has 0 spiro atoms. The molecule has 1 aliphatic rings. The lowest BCUT2D eigenvalue weighted by atomic mass is 9.95. The van der Waals surface area contributed by atoms with Crippen LogP contribution in [0.3, 0.4) is 0 Å². The van der Waals surface area contributed by atoms with Crippen LogP contribution in [-0.2, 0) is 29.2 Å². The normalized spacial score (nSPS) is 23.3. The van der Waals surface area contributed by atoms with Crippen molar-refractivity contribution < 1.29 is 25.9 Å². The zero-order chi connectivity index (χ0) is 17.1. The zero-order valence-corrected chi connectivity index (χ0v) is 14.5. The van der Waals surface area contributed by atoms with E-state index < -0.39 is 25.4 Å². The third-order valence-corrected chi connectivity index (χ3v) is 6.11. The van der Waals surface area contributed by atoms with E-state index in [1.807, 2.05) is 0 Å². The Morgan fingerprint density at radius 1 is 1.18 bits per heavy atom. The summed E-state index contributed by atoms with van der Waals surface area (Å²) >= 11 is 0. The molecule has 0 radical (unpaired) electrons. The van der Waals surface area contributed by atoms with E-state index in [1.165, 1.54) is 0 Å². The minimum atomic E-state index is -3.90. The number of carbonyl (C=O) groups is 1. The standard InChI is InChI=1S/C12H22N2O6S2/c1-9(2)12(15)13-10-5-7-11(8-6-10)22(18,19)14(3)20-21(4,16)17/h10-11H,1,5-8H2,2-4H3,(H,13,15). The molecule has 1 saturated carbocycles. The Balaban J connectivity index is 2.63. The Hall–Kier alpha value is -0.970. The maximum atomic E-state index is 12.2. The number of nitrogens with one attached hydrogen (secondary N) is 1. The van der Waals surface area contributed by atoms with Crippen molar-refractivity contribution in [2.75, 3.05) is 13.3 Å². The molecule has 1 aliphatic carbocycles. The van der Waals surface area contributed by atoms with Gasteiger partial charge in [0, 0.05) is 18.7 Å². The van der Waals surface area contributed by atoms with Gasteiger partial charge in [0.1, 0.15) is 0 Å². The predicted octanol–water partition coefficient (Wildman–Crippen LogP) is 0.143. The van der Waals surface area contributed by atoms with E-state index in [0.717, 1.165) is 13.3 Å². The highest BCUT2D eigenvalue weighted by Gasteiger charge is 2.36. The summed E-state index contributed by atoms with van der Waals surface area (Å²) in [6.07, 6.45) is 2.41. The average Bonchev–Trinajstić information content (AvgIpc) is 2.37. The molecule has 0 aromatic carbocycles. The van der Waals surface area contributed by atoms with Gasteiger partial charge in [0.25, 0.3) is 10.1 Å². The summed E-state index contributed by atoms with van der Waals surface area (Å²) < 4.78 is 51.3. The number of carbonyl (C=O) groups excluding carboxylic acids is 1. The molecule has 10 heteroatoms. The van der Waals surface area contributed by atoms with Crippen LogP contribution in [0.4, 0.5) is 0 Å². The maximum Gasteiger partial charge on any atom is 0.281 e. The molecule has 0 aromatic heterocycles. The van der Waals surface area contributed by atoms with Crippen LogP contribution in [-0.4, -0.2) is 51.8 Å². The van der Waals surface area contributed by atoms with E-state index in [4.69, 9.17) is 0 Å². The first-order chi connectivity index (χ1) is 9.93. The second-order valence-corrected chi connectivity index (χ2v) is 9.23. The predicted molar refractivity (Wildman–Crippen MR) is 81.6 cm³/mol. The molecule has 0 unspecified atom stereocenters. The van der Waals surface area contributed by atoms with Crippen molar-refractivity contribution >= 4 is 26.0 Å². The average molecular weight is 354 g/mol. The molecule has 0 aliphatic heterocycles. The lowest BCUT2D eigenvalue weighted by molar-refractivity contribution is -0.118. The summed E-state index contributed by atoms with van der Waals surface area (Å²) in [6, 6.07) is -0.100. The van der Waals surface area contributed by atoms with Crippen molar-refractivity contribution in [1.29, 1.82) is 0 Å². The molecule has 0 bridgehead atoms. The number of nitrogens with zero attached hydrogens (tertiary/aromatic N) is 1. The van der Waals surface area contributed by atoms with Crippen LogP contribution in [0.2, 0.25) is 0 Å². The monoisotopic (exact) mass is 354 g/mol. The Kier molecular flexibility index (Phi) is 6.13. The van der Waals surface area contributed by atoms with E-state index in [9.17, 15) is 21.6 Å². The highest BCUT2D eigenvalue weighted by molar-refractivity contribution is 7.90. The molecular weight excluding hydrogens is 332 g/mol. The number of hydrogen-bond donors (Lipinski definition) is 1. The first-order valence-corrected chi connectivity index (χ1v) is 10.1. The van der Waals surface area contributed by atoms with E-state index >= 15 is 0 Å². The molecule has 1 amide bonds. The molecule has 0 heterocycles. The van der Waals surface area contributed by atoms with Gasteiger partial charge in [-0.05, 0) is 32.6 Å². The van der Waals surface area contributed by atoms with Crippen molar-refractivity contribution in [2.45, 2.75) is 43.9 Å². The number of hydrogen-bond acceptors (Lipinski definition) is 6. The van der Waals surface area contributed by atoms with Crippen LogP contribution in [0.25, 0.3) is 0 Å². The number of amides is 1. The van der Waals surface area contributed by atoms with Crippen LogP contribution in [0.1, 0.15) is 32.6 Å². The molecule has 0 atom stereocenters. The molecule has 8 nitrogen and oxygen atoms in total. The fourth-order valence-electron chi connectivity index (χ4n) is 2.26. The van der Waals surface area contributed by atoms with Gasteiger partial charge in [-0.2, -0.15) is 12.7 Å². The number of hydroxylamine groups is 1. The van der Waals surface area contributed by atoms with Crippen molar-refractivity contribution in [2.24, 2.45) is 0 Å². The summed E-state index contributed by atoms with van der Waals surface area (Å²) in [7, 11) is -6.70. The SMILES string of the molecule is C=C(C)C(=O)NC1CCC(S(=O)(=O)N(C)OS(C)(=O)=O)CC1.